The Morgan fingerprint density at radius 3 is 2.29 bits per heavy atom. The van der Waals surface area contributed by atoms with Gasteiger partial charge in [-0.1, -0.05) is 47.5 Å². The molecular weight excluding hydrogens is 517 g/mol. The van der Waals surface area contributed by atoms with Crippen molar-refractivity contribution >= 4 is 61.5 Å². The molecule has 1 aromatic heterocycles. The normalized spacial score (nSPS) is 11.1. The van der Waals surface area contributed by atoms with E-state index >= 15 is 0 Å². The van der Waals surface area contributed by atoms with Gasteiger partial charge in [0.2, 0.25) is 0 Å². The maximum atomic E-state index is 12.6. The summed E-state index contributed by atoms with van der Waals surface area (Å²) < 4.78 is 27.6. The van der Waals surface area contributed by atoms with E-state index in [0.717, 1.165) is 0 Å². The fourth-order valence-electron chi connectivity index (χ4n) is 3.11. The van der Waals surface area contributed by atoms with Gasteiger partial charge in [0.1, 0.15) is 0 Å². The Balaban J connectivity index is 1.48. The molecule has 4 rings (SSSR count). The lowest BCUT2D eigenvalue weighted by Gasteiger charge is -2.11. The van der Waals surface area contributed by atoms with Crippen molar-refractivity contribution in [2.45, 2.75) is 4.90 Å². The third kappa shape index (κ3) is 5.27. The Hall–Kier alpha value is -3.93. The van der Waals surface area contributed by atoms with Crippen LogP contribution in [0.2, 0.25) is 10.0 Å². The van der Waals surface area contributed by atoms with Gasteiger partial charge in [0, 0.05) is 16.6 Å². The van der Waals surface area contributed by atoms with Crippen LogP contribution < -0.4 is 21.1 Å². The van der Waals surface area contributed by atoms with Crippen molar-refractivity contribution in [1.82, 2.24) is 21.0 Å². The molecule has 0 saturated carbocycles. The highest BCUT2D eigenvalue weighted by Crippen LogP contribution is 2.26. The number of aromatic amines is 1. The smallest absolute Gasteiger partial charge is 0.280 e. The first-order valence-electron chi connectivity index (χ1n) is 9.82. The molecule has 0 saturated heterocycles. The van der Waals surface area contributed by atoms with Gasteiger partial charge in [0.15, 0.2) is 5.69 Å². The first-order valence-corrected chi connectivity index (χ1v) is 12.1. The molecule has 0 unspecified atom stereocenters. The van der Waals surface area contributed by atoms with Crippen molar-refractivity contribution in [3.05, 3.63) is 98.4 Å². The van der Waals surface area contributed by atoms with Crippen LogP contribution in [-0.2, 0) is 10.0 Å². The predicted octanol–water partition coefficient (Wildman–Crippen LogP) is 3.11. The van der Waals surface area contributed by atoms with Crippen molar-refractivity contribution in [3.63, 3.8) is 0 Å². The highest BCUT2D eigenvalue weighted by atomic mass is 35.5. The van der Waals surface area contributed by atoms with Crippen LogP contribution in [0.4, 0.5) is 5.69 Å². The highest BCUT2D eigenvalue weighted by molar-refractivity contribution is 7.92. The van der Waals surface area contributed by atoms with Gasteiger partial charge in [-0.25, -0.2) is 13.5 Å². The summed E-state index contributed by atoms with van der Waals surface area (Å²) in [7, 11) is -4.01. The number of fused-ring (bicyclic) bond motifs is 1. The highest BCUT2D eigenvalue weighted by Gasteiger charge is 2.18. The predicted molar refractivity (Wildman–Crippen MR) is 131 cm³/mol. The van der Waals surface area contributed by atoms with E-state index in [-0.39, 0.29) is 37.3 Å². The average Bonchev–Trinajstić information content (AvgIpc) is 2.84. The molecule has 0 spiro atoms. The van der Waals surface area contributed by atoms with Crippen molar-refractivity contribution in [2.75, 3.05) is 4.72 Å². The number of halogens is 2. The van der Waals surface area contributed by atoms with Gasteiger partial charge in [-0.05, 0) is 42.5 Å². The maximum Gasteiger partial charge on any atom is 0.290 e. The van der Waals surface area contributed by atoms with Crippen molar-refractivity contribution in [1.29, 1.82) is 0 Å². The van der Waals surface area contributed by atoms with Crippen LogP contribution in [-0.4, -0.2) is 30.4 Å². The maximum absolute atomic E-state index is 12.6. The molecule has 0 atom stereocenters. The fraction of sp³-hybridized carbons (Fsp3) is 0. The van der Waals surface area contributed by atoms with Crippen LogP contribution in [0.15, 0.2) is 76.4 Å². The number of carbonyl (C=O) groups excluding carboxylic acids is 2. The number of carbonyl (C=O) groups is 2. The number of anilines is 1. The van der Waals surface area contributed by atoms with Gasteiger partial charge in [-0.2, -0.15) is 5.10 Å². The summed E-state index contributed by atoms with van der Waals surface area (Å²) in [6.07, 6.45) is 0. The fourth-order valence-corrected chi connectivity index (χ4v) is 4.55. The lowest BCUT2D eigenvalue weighted by molar-refractivity contribution is 0.0844. The molecule has 1 heterocycles. The van der Waals surface area contributed by atoms with E-state index < -0.39 is 27.4 Å². The topological polar surface area (TPSA) is 150 Å². The zero-order valence-electron chi connectivity index (χ0n) is 17.5. The molecule has 0 aliphatic carbocycles. The molecule has 13 heteroatoms. The average molecular weight is 532 g/mol. The van der Waals surface area contributed by atoms with Gasteiger partial charge in [0.05, 0.1) is 20.3 Å². The number of hydrogen-bond donors (Lipinski definition) is 4. The molecule has 4 aromatic rings. The minimum atomic E-state index is -4.01. The Morgan fingerprint density at radius 2 is 1.54 bits per heavy atom. The van der Waals surface area contributed by atoms with Crippen LogP contribution >= 0.6 is 23.2 Å². The van der Waals surface area contributed by atoms with E-state index in [1.165, 1.54) is 48.5 Å². The Morgan fingerprint density at radius 1 is 0.829 bits per heavy atom. The van der Waals surface area contributed by atoms with Crippen LogP contribution in [0.3, 0.4) is 0 Å². The molecule has 0 aliphatic rings. The lowest BCUT2D eigenvalue weighted by atomic mass is 10.1. The summed E-state index contributed by atoms with van der Waals surface area (Å²) in [5, 5.41) is 6.84. The largest absolute Gasteiger partial charge is 0.290 e. The van der Waals surface area contributed by atoms with Crippen molar-refractivity contribution < 1.29 is 18.0 Å². The van der Waals surface area contributed by atoms with Gasteiger partial charge >= 0.3 is 0 Å². The minimum Gasteiger partial charge on any atom is -0.280 e. The first kappa shape index (κ1) is 24.2. The van der Waals surface area contributed by atoms with Crippen molar-refractivity contribution in [2.24, 2.45) is 0 Å². The molecule has 0 bridgehead atoms. The molecule has 4 N–H and O–H groups in total. The SMILES string of the molecule is O=C(NNC(=O)c1n[nH]c(=O)c2ccccc12)c1cccc(NS(=O)(=O)c2ccc(Cl)c(Cl)c2)c1. The lowest BCUT2D eigenvalue weighted by Crippen LogP contribution is -2.42. The third-order valence-corrected chi connectivity index (χ3v) is 6.90. The van der Waals surface area contributed by atoms with E-state index in [1.807, 2.05) is 0 Å². The molecule has 2 amide bonds. The number of benzene rings is 3. The van der Waals surface area contributed by atoms with Crippen LogP contribution in [0, 0.1) is 0 Å². The van der Waals surface area contributed by atoms with Gasteiger partial charge < -0.3 is 0 Å². The Labute approximate surface area is 208 Å². The second-order valence-corrected chi connectivity index (χ2v) is 9.61. The Bertz CT molecular complexity index is 1640. The zero-order valence-corrected chi connectivity index (χ0v) is 19.8. The molecule has 0 aliphatic heterocycles. The van der Waals surface area contributed by atoms with E-state index in [4.69, 9.17) is 23.2 Å². The number of nitrogens with zero attached hydrogens (tertiary/aromatic N) is 1. The van der Waals surface area contributed by atoms with E-state index in [9.17, 15) is 22.8 Å². The molecule has 10 nitrogen and oxygen atoms in total. The van der Waals surface area contributed by atoms with Crippen molar-refractivity contribution in [3.8, 4) is 0 Å². The summed E-state index contributed by atoms with van der Waals surface area (Å²) in [4.78, 5) is 36.9. The molecule has 0 radical (unpaired) electrons. The summed E-state index contributed by atoms with van der Waals surface area (Å²) in [5.74, 6) is -1.48. The van der Waals surface area contributed by atoms with Crippen LogP contribution in [0.1, 0.15) is 20.8 Å². The quantitative estimate of drug-likeness (QED) is 0.290. The van der Waals surface area contributed by atoms with Crippen LogP contribution in [0.25, 0.3) is 10.8 Å². The van der Waals surface area contributed by atoms with Crippen LogP contribution in [0.5, 0.6) is 0 Å². The van der Waals surface area contributed by atoms with E-state index in [0.29, 0.717) is 5.39 Å². The minimum absolute atomic E-state index is 0.0546. The number of rotatable bonds is 5. The summed E-state index contributed by atoms with van der Waals surface area (Å²) in [6.45, 7) is 0. The van der Waals surface area contributed by atoms with E-state index in [1.54, 1.807) is 18.2 Å². The second kappa shape index (κ2) is 9.74. The molecule has 178 valence electrons. The summed E-state index contributed by atoms with van der Waals surface area (Å²) in [5.41, 5.74) is 4.06. The number of hydrazine groups is 1. The standard InChI is InChI=1S/C22H15Cl2N5O5S/c23-17-9-8-14(11-18(17)24)35(33,34)29-13-5-3-4-12(10-13)20(30)26-28-22(32)19-15-6-1-2-7-16(15)21(31)27-25-19/h1-11,29H,(H,26,30)(H,27,31)(H,28,32). The third-order valence-electron chi connectivity index (χ3n) is 4.78. The van der Waals surface area contributed by atoms with E-state index in [2.05, 4.69) is 25.8 Å². The number of hydrogen-bond acceptors (Lipinski definition) is 6. The first-order chi connectivity index (χ1) is 16.7. The number of sulfonamides is 1. The molecular formula is C22H15Cl2N5O5S. The molecule has 0 fully saturated rings. The molecule has 35 heavy (non-hydrogen) atoms. The number of aromatic nitrogens is 2. The Kier molecular flexibility index (Phi) is 6.74. The van der Waals surface area contributed by atoms with Gasteiger partial charge in [-0.15, -0.1) is 0 Å². The number of nitrogens with one attached hydrogen (secondary N) is 4. The van der Waals surface area contributed by atoms with Gasteiger partial charge in [0.25, 0.3) is 27.4 Å². The second-order valence-electron chi connectivity index (χ2n) is 7.12. The van der Waals surface area contributed by atoms with Gasteiger partial charge in [-0.3, -0.25) is 30.0 Å². The monoisotopic (exact) mass is 531 g/mol. The molecule has 3 aromatic carbocycles. The number of amides is 2. The summed E-state index contributed by atoms with van der Waals surface area (Å²) >= 11 is 11.7. The number of H-pyrrole nitrogens is 1. The summed E-state index contributed by atoms with van der Waals surface area (Å²) in [6, 6.07) is 15.8. The zero-order chi connectivity index (χ0) is 25.2.